The number of aromatic amines is 1. The average Bonchev–Trinajstić information content (AvgIpc) is 3.25. The molecule has 1 aliphatic heterocycles. The van der Waals surface area contributed by atoms with Crippen LogP contribution in [-0.2, 0) is 4.79 Å². The number of rotatable bonds is 7. The van der Waals surface area contributed by atoms with Gasteiger partial charge < -0.3 is 16.0 Å². The number of nitrogens with zero attached hydrogens (tertiary/aromatic N) is 2. The van der Waals surface area contributed by atoms with E-state index < -0.39 is 0 Å². The third-order valence-electron chi connectivity index (χ3n) is 4.93. The smallest absolute Gasteiger partial charge is 0.330 e. The molecular formula is C19H25N5O3. The maximum absolute atomic E-state index is 12.4. The maximum atomic E-state index is 12.4. The lowest BCUT2D eigenvalue weighted by Gasteiger charge is -2.21. The van der Waals surface area contributed by atoms with Gasteiger partial charge in [-0.25, -0.2) is 4.79 Å². The molecule has 1 aromatic heterocycles. The summed E-state index contributed by atoms with van der Waals surface area (Å²) < 4.78 is 1.52. The third-order valence-corrected chi connectivity index (χ3v) is 4.93. The number of carbonyl (C=O) groups excluding carboxylic acids is 2. The molecule has 8 nitrogen and oxygen atoms in total. The molecule has 1 aromatic carbocycles. The topological polar surface area (TPSA) is 113 Å². The van der Waals surface area contributed by atoms with E-state index in [1.165, 1.54) is 4.57 Å². The van der Waals surface area contributed by atoms with Crippen molar-refractivity contribution >= 4 is 11.8 Å². The SMILES string of the molecule is Cc1c[nH]c(=O)n1-c1cccc(C(=O)NCCCN2CCC[C@H]2C(N)=O)c1. The monoisotopic (exact) mass is 371 g/mol. The van der Waals surface area contributed by atoms with Crippen molar-refractivity contribution < 1.29 is 9.59 Å². The second kappa shape index (κ2) is 8.22. The Morgan fingerprint density at radius 1 is 1.37 bits per heavy atom. The third kappa shape index (κ3) is 4.28. The minimum atomic E-state index is -0.274. The van der Waals surface area contributed by atoms with Gasteiger partial charge in [-0.3, -0.25) is 19.1 Å². The van der Waals surface area contributed by atoms with Gasteiger partial charge in [0.25, 0.3) is 5.91 Å². The molecule has 144 valence electrons. The molecule has 0 aliphatic carbocycles. The zero-order valence-corrected chi connectivity index (χ0v) is 15.4. The first-order chi connectivity index (χ1) is 13.0. The maximum Gasteiger partial charge on any atom is 0.330 e. The van der Waals surface area contributed by atoms with Crippen LogP contribution in [0, 0.1) is 6.92 Å². The molecule has 1 saturated heterocycles. The van der Waals surface area contributed by atoms with E-state index in [1.54, 1.807) is 30.5 Å². The number of amides is 2. The second-order valence-electron chi connectivity index (χ2n) is 6.83. The number of nitrogens with one attached hydrogen (secondary N) is 2. The van der Waals surface area contributed by atoms with Crippen LogP contribution < -0.4 is 16.7 Å². The lowest BCUT2D eigenvalue weighted by atomic mass is 10.2. The number of primary amides is 1. The van der Waals surface area contributed by atoms with Gasteiger partial charge in [-0.05, 0) is 50.9 Å². The molecule has 8 heteroatoms. The summed E-state index contributed by atoms with van der Waals surface area (Å²) in [6.07, 6.45) is 4.16. The van der Waals surface area contributed by atoms with Crippen molar-refractivity contribution in [1.82, 2.24) is 19.8 Å². The highest BCUT2D eigenvalue weighted by Crippen LogP contribution is 2.16. The fourth-order valence-electron chi connectivity index (χ4n) is 3.56. The van der Waals surface area contributed by atoms with Crippen LogP contribution in [0.2, 0.25) is 0 Å². The van der Waals surface area contributed by atoms with E-state index in [0.717, 1.165) is 38.0 Å². The molecule has 0 bridgehead atoms. The lowest BCUT2D eigenvalue weighted by molar-refractivity contribution is -0.122. The molecular weight excluding hydrogens is 346 g/mol. The predicted molar refractivity (Wildman–Crippen MR) is 102 cm³/mol. The Bertz CT molecular complexity index is 885. The Morgan fingerprint density at radius 3 is 2.89 bits per heavy atom. The van der Waals surface area contributed by atoms with Crippen molar-refractivity contribution in [3.8, 4) is 5.69 Å². The molecule has 1 aliphatic rings. The van der Waals surface area contributed by atoms with Crippen LogP contribution in [0.15, 0.2) is 35.3 Å². The highest BCUT2D eigenvalue weighted by Gasteiger charge is 2.28. The molecule has 0 radical (unpaired) electrons. The lowest BCUT2D eigenvalue weighted by Crippen LogP contribution is -2.41. The molecule has 3 rings (SSSR count). The van der Waals surface area contributed by atoms with Crippen molar-refractivity contribution in [2.45, 2.75) is 32.2 Å². The summed E-state index contributed by atoms with van der Waals surface area (Å²) in [7, 11) is 0. The normalized spacial score (nSPS) is 17.1. The van der Waals surface area contributed by atoms with Gasteiger partial charge in [0.1, 0.15) is 0 Å². The van der Waals surface area contributed by atoms with Gasteiger partial charge in [-0.1, -0.05) is 6.07 Å². The highest BCUT2D eigenvalue weighted by molar-refractivity contribution is 5.94. The summed E-state index contributed by atoms with van der Waals surface area (Å²) in [4.78, 5) is 40.4. The minimum Gasteiger partial charge on any atom is -0.368 e. The highest BCUT2D eigenvalue weighted by atomic mass is 16.2. The number of hydrogen-bond donors (Lipinski definition) is 3. The second-order valence-corrected chi connectivity index (χ2v) is 6.83. The van der Waals surface area contributed by atoms with Crippen LogP contribution >= 0.6 is 0 Å². The Morgan fingerprint density at radius 2 is 2.19 bits per heavy atom. The van der Waals surface area contributed by atoms with Crippen molar-refractivity contribution in [1.29, 1.82) is 0 Å². The Labute approximate surface area is 157 Å². The number of hydrogen-bond acceptors (Lipinski definition) is 4. The van der Waals surface area contributed by atoms with Crippen molar-refractivity contribution in [2.24, 2.45) is 5.73 Å². The summed E-state index contributed by atoms with van der Waals surface area (Å²) in [5.74, 6) is -0.463. The van der Waals surface area contributed by atoms with E-state index >= 15 is 0 Å². The summed E-state index contributed by atoms with van der Waals surface area (Å²) >= 11 is 0. The largest absolute Gasteiger partial charge is 0.368 e. The quantitative estimate of drug-likeness (QED) is 0.617. The molecule has 1 fully saturated rings. The number of likely N-dealkylation sites (tertiary alicyclic amines) is 1. The van der Waals surface area contributed by atoms with E-state index in [2.05, 4.69) is 15.2 Å². The molecule has 27 heavy (non-hydrogen) atoms. The van der Waals surface area contributed by atoms with Gasteiger partial charge >= 0.3 is 5.69 Å². The number of imidazole rings is 1. The Balaban J connectivity index is 1.55. The molecule has 0 saturated carbocycles. The van der Waals surface area contributed by atoms with E-state index in [-0.39, 0.29) is 23.5 Å². The number of benzene rings is 1. The predicted octanol–water partition coefficient (Wildman–Crippen LogP) is 0.544. The van der Waals surface area contributed by atoms with Crippen LogP contribution in [0.25, 0.3) is 5.69 Å². The van der Waals surface area contributed by atoms with Crippen molar-refractivity contribution in [3.05, 3.63) is 52.2 Å². The fourth-order valence-corrected chi connectivity index (χ4v) is 3.56. The number of aryl methyl sites for hydroxylation is 1. The summed E-state index contributed by atoms with van der Waals surface area (Å²) in [6, 6.07) is 6.78. The first kappa shape index (κ1) is 18.9. The first-order valence-electron chi connectivity index (χ1n) is 9.16. The molecule has 2 aromatic rings. The van der Waals surface area contributed by atoms with Gasteiger partial charge in [0.05, 0.1) is 11.7 Å². The van der Waals surface area contributed by atoms with Gasteiger partial charge in [-0.15, -0.1) is 0 Å². The summed E-state index contributed by atoms with van der Waals surface area (Å²) in [5, 5.41) is 2.89. The van der Waals surface area contributed by atoms with Crippen LogP contribution in [-0.4, -0.2) is 51.9 Å². The molecule has 0 unspecified atom stereocenters. The van der Waals surface area contributed by atoms with Gasteiger partial charge in [0.15, 0.2) is 0 Å². The molecule has 0 spiro atoms. The van der Waals surface area contributed by atoms with E-state index in [1.807, 2.05) is 6.92 Å². The van der Waals surface area contributed by atoms with E-state index in [0.29, 0.717) is 17.8 Å². The number of nitrogens with two attached hydrogens (primary N) is 1. The van der Waals surface area contributed by atoms with Crippen molar-refractivity contribution in [3.63, 3.8) is 0 Å². The van der Waals surface area contributed by atoms with Gasteiger partial charge in [-0.2, -0.15) is 0 Å². The fraction of sp³-hybridized carbons (Fsp3) is 0.421. The Kier molecular flexibility index (Phi) is 5.75. The van der Waals surface area contributed by atoms with Gasteiger partial charge in [0.2, 0.25) is 5.91 Å². The zero-order chi connectivity index (χ0) is 19.4. The first-order valence-corrected chi connectivity index (χ1v) is 9.16. The van der Waals surface area contributed by atoms with Crippen LogP contribution in [0.3, 0.4) is 0 Å². The Hall–Kier alpha value is -2.87. The van der Waals surface area contributed by atoms with Crippen LogP contribution in [0.4, 0.5) is 0 Å². The van der Waals surface area contributed by atoms with E-state index in [4.69, 9.17) is 5.73 Å². The van der Waals surface area contributed by atoms with Gasteiger partial charge in [0, 0.05) is 30.5 Å². The minimum absolute atomic E-state index is 0.180. The summed E-state index contributed by atoms with van der Waals surface area (Å²) in [5.41, 5.74) is 7.09. The standard InChI is InChI=1S/C19H25N5O3/c1-13-12-22-19(27)24(13)15-6-2-5-14(11-15)18(26)21-8-4-10-23-9-3-7-16(23)17(20)25/h2,5-6,11-12,16H,3-4,7-10H2,1H3,(H2,20,25)(H,21,26)(H,22,27)/t16-/m0/s1. The summed E-state index contributed by atoms with van der Waals surface area (Å²) in [6.45, 7) is 3.93. The number of aromatic nitrogens is 2. The molecule has 4 N–H and O–H groups in total. The van der Waals surface area contributed by atoms with Crippen molar-refractivity contribution in [2.75, 3.05) is 19.6 Å². The zero-order valence-electron chi connectivity index (χ0n) is 15.4. The molecule has 2 heterocycles. The number of carbonyl (C=O) groups is 2. The van der Waals surface area contributed by atoms with Crippen LogP contribution in [0.1, 0.15) is 35.3 Å². The van der Waals surface area contributed by atoms with E-state index in [9.17, 15) is 14.4 Å². The molecule has 2 amide bonds. The number of H-pyrrole nitrogens is 1. The van der Waals surface area contributed by atoms with Crippen LogP contribution in [0.5, 0.6) is 0 Å². The average molecular weight is 371 g/mol. The molecule has 1 atom stereocenters.